The van der Waals surface area contributed by atoms with Crippen LogP contribution in [0.1, 0.15) is 26.1 Å². The highest BCUT2D eigenvalue weighted by Crippen LogP contribution is 2.22. The maximum Gasteiger partial charge on any atom is 0.224 e. The quantitative estimate of drug-likeness (QED) is 0.758. The molecule has 2 rings (SSSR count). The van der Waals surface area contributed by atoms with Crippen molar-refractivity contribution in [1.29, 1.82) is 0 Å². The van der Waals surface area contributed by atoms with Gasteiger partial charge in [-0.05, 0) is 53.3 Å². The van der Waals surface area contributed by atoms with Gasteiger partial charge in [-0.1, -0.05) is 13.8 Å². The van der Waals surface area contributed by atoms with Crippen LogP contribution in [0.2, 0.25) is 0 Å². The molecule has 0 saturated heterocycles. The SMILES string of the molecule is CCCNc1cc(Oc2ccc(I)cc2)nc(CC)n1. The fraction of sp³-hybridized carbons (Fsp3) is 0.333. The Morgan fingerprint density at radius 2 is 1.90 bits per heavy atom. The topological polar surface area (TPSA) is 47.0 Å². The van der Waals surface area contributed by atoms with Gasteiger partial charge >= 0.3 is 0 Å². The second kappa shape index (κ2) is 7.42. The smallest absolute Gasteiger partial charge is 0.224 e. The zero-order chi connectivity index (χ0) is 14.4. The van der Waals surface area contributed by atoms with Crippen LogP contribution < -0.4 is 10.1 Å². The van der Waals surface area contributed by atoms with Gasteiger partial charge in [0.2, 0.25) is 5.88 Å². The molecule has 20 heavy (non-hydrogen) atoms. The van der Waals surface area contributed by atoms with Gasteiger partial charge in [0.05, 0.1) is 0 Å². The molecule has 0 aliphatic heterocycles. The fourth-order valence-electron chi connectivity index (χ4n) is 1.65. The first-order chi connectivity index (χ1) is 9.71. The van der Waals surface area contributed by atoms with Crippen LogP contribution in [-0.2, 0) is 6.42 Å². The van der Waals surface area contributed by atoms with Crippen molar-refractivity contribution in [2.24, 2.45) is 0 Å². The lowest BCUT2D eigenvalue weighted by Crippen LogP contribution is -2.05. The molecule has 2 aromatic rings. The van der Waals surface area contributed by atoms with E-state index in [0.29, 0.717) is 5.88 Å². The summed E-state index contributed by atoms with van der Waals surface area (Å²) in [6, 6.07) is 9.73. The van der Waals surface area contributed by atoms with Crippen molar-refractivity contribution in [2.45, 2.75) is 26.7 Å². The van der Waals surface area contributed by atoms with Gasteiger partial charge in [-0.25, -0.2) is 4.98 Å². The molecule has 0 unspecified atom stereocenters. The molecule has 0 aliphatic rings. The van der Waals surface area contributed by atoms with Gasteiger partial charge in [-0.3, -0.25) is 0 Å². The van der Waals surface area contributed by atoms with Gasteiger partial charge in [0.1, 0.15) is 17.4 Å². The first-order valence-corrected chi connectivity index (χ1v) is 7.84. The van der Waals surface area contributed by atoms with Crippen LogP contribution in [0.25, 0.3) is 0 Å². The highest BCUT2D eigenvalue weighted by molar-refractivity contribution is 14.1. The Morgan fingerprint density at radius 1 is 1.15 bits per heavy atom. The minimum atomic E-state index is 0.580. The van der Waals surface area contributed by atoms with Gasteiger partial charge in [0.25, 0.3) is 0 Å². The molecule has 0 aliphatic carbocycles. The van der Waals surface area contributed by atoms with Crippen LogP contribution >= 0.6 is 22.6 Å². The summed E-state index contributed by atoms with van der Waals surface area (Å²) in [6.45, 7) is 5.05. The third-order valence-corrected chi connectivity index (χ3v) is 3.38. The Morgan fingerprint density at radius 3 is 2.55 bits per heavy atom. The Bertz CT molecular complexity index is 558. The molecule has 5 heteroatoms. The number of aromatic nitrogens is 2. The summed E-state index contributed by atoms with van der Waals surface area (Å²) in [5.41, 5.74) is 0. The van der Waals surface area contributed by atoms with E-state index in [2.05, 4.69) is 44.8 Å². The summed E-state index contributed by atoms with van der Waals surface area (Å²) >= 11 is 2.27. The minimum absolute atomic E-state index is 0.580. The number of halogens is 1. The Kier molecular flexibility index (Phi) is 5.58. The van der Waals surface area contributed by atoms with Crippen LogP contribution in [0.5, 0.6) is 11.6 Å². The lowest BCUT2D eigenvalue weighted by molar-refractivity contribution is 0.459. The molecule has 0 spiro atoms. The largest absolute Gasteiger partial charge is 0.439 e. The van der Waals surface area contributed by atoms with E-state index in [1.165, 1.54) is 3.57 Å². The number of anilines is 1. The van der Waals surface area contributed by atoms with E-state index in [0.717, 1.165) is 36.8 Å². The first kappa shape index (κ1) is 15.0. The number of benzene rings is 1. The molecule has 0 atom stereocenters. The predicted molar refractivity (Wildman–Crippen MR) is 89.4 cm³/mol. The van der Waals surface area contributed by atoms with Crippen molar-refractivity contribution < 1.29 is 4.74 Å². The normalized spacial score (nSPS) is 10.3. The van der Waals surface area contributed by atoms with Crippen LogP contribution in [0.3, 0.4) is 0 Å². The van der Waals surface area contributed by atoms with E-state index in [-0.39, 0.29) is 0 Å². The summed E-state index contributed by atoms with van der Waals surface area (Å²) < 4.78 is 6.98. The molecule has 0 fully saturated rings. The molecule has 4 nitrogen and oxygen atoms in total. The average molecular weight is 383 g/mol. The summed E-state index contributed by atoms with van der Waals surface area (Å²) in [4.78, 5) is 8.84. The number of hydrogen-bond donors (Lipinski definition) is 1. The Hall–Kier alpha value is -1.37. The van der Waals surface area contributed by atoms with Crippen LogP contribution in [-0.4, -0.2) is 16.5 Å². The summed E-state index contributed by atoms with van der Waals surface area (Å²) in [6.07, 6.45) is 1.84. The van der Waals surface area contributed by atoms with Crippen molar-refractivity contribution in [3.8, 4) is 11.6 Å². The molecule has 1 aromatic carbocycles. The zero-order valence-corrected chi connectivity index (χ0v) is 13.8. The minimum Gasteiger partial charge on any atom is -0.439 e. The summed E-state index contributed by atoms with van der Waals surface area (Å²) in [5, 5.41) is 3.27. The maximum absolute atomic E-state index is 5.80. The third-order valence-electron chi connectivity index (χ3n) is 2.66. The first-order valence-electron chi connectivity index (χ1n) is 6.76. The molecular formula is C15H18IN3O. The highest BCUT2D eigenvalue weighted by atomic mass is 127. The zero-order valence-electron chi connectivity index (χ0n) is 11.7. The van der Waals surface area contributed by atoms with Crippen molar-refractivity contribution in [1.82, 2.24) is 9.97 Å². The molecule has 106 valence electrons. The van der Waals surface area contributed by atoms with Crippen LogP contribution in [0.4, 0.5) is 5.82 Å². The van der Waals surface area contributed by atoms with Crippen molar-refractivity contribution in [2.75, 3.05) is 11.9 Å². The molecule has 0 bridgehead atoms. The monoisotopic (exact) mass is 383 g/mol. The standard InChI is InChI=1S/C15H18IN3O/c1-3-9-17-14-10-15(19-13(4-2)18-14)20-12-7-5-11(16)6-8-12/h5-8,10H,3-4,9H2,1-2H3,(H,17,18,19). The van der Waals surface area contributed by atoms with Crippen molar-refractivity contribution >= 4 is 28.4 Å². The van der Waals surface area contributed by atoms with E-state index >= 15 is 0 Å². The van der Waals surface area contributed by atoms with E-state index in [1.54, 1.807) is 0 Å². The van der Waals surface area contributed by atoms with E-state index in [9.17, 15) is 0 Å². The number of ether oxygens (including phenoxy) is 1. The molecular weight excluding hydrogens is 365 g/mol. The summed E-state index contributed by atoms with van der Waals surface area (Å²) in [7, 11) is 0. The van der Waals surface area contributed by atoms with E-state index in [1.807, 2.05) is 37.3 Å². The van der Waals surface area contributed by atoms with Gasteiger partial charge < -0.3 is 10.1 Å². The number of nitrogens with zero attached hydrogens (tertiary/aromatic N) is 2. The van der Waals surface area contributed by atoms with Gasteiger partial charge in [0, 0.05) is 22.6 Å². The lowest BCUT2D eigenvalue weighted by atomic mass is 10.3. The maximum atomic E-state index is 5.80. The predicted octanol–water partition coefficient (Wildman–Crippen LogP) is 4.26. The number of hydrogen-bond acceptors (Lipinski definition) is 4. The number of aryl methyl sites for hydroxylation is 1. The molecule has 1 aromatic heterocycles. The Labute approximate surface area is 133 Å². The number of rotatable bonds is 6. The molecule has 0 saturated carbocycles. The highest BCUT2D eigenvalue weighted by Gasteiger charge is 2.05. The van der Waals surface area contributed by atoms with Crippen molar-refractivity contribution in [3.63, 3.8) is 0 Å². The Balaban J connectivity index is 2.19. The summed E-state index contributed by atoms with van der Waals surface area (Å²) in [5.74, 6) is 2.97. The molecule has 1 heterocycles. The molecule has 0 radical (unpaired) electrons. The lowest BCUT2D eigenvalue weighted by Gasteiger charge is -2.09. The third kappa shape index (κ3) is 4.33. The van der Waals surface area contributed by atoms with E-state index < -0.39 is 0 Å². The van der Waals surface area contributed by atoms with Crippen molar-refractivity contribution in [3.05, 3.63) is 39.7 Å². The van der Waals surface area contributed by atoms with Crippen LogP contribution in [0, 0.1) is 3.57 Å². The second-order valence-corrected chi connectivity index (χ2v) is 5.59. The fourth-order valence-corrected chi connectivity index (χ4v) is 2.01. The van der Waals surface area contributed by atoms with Gasteiger partial charge in [-0.2, -0.15) is 4.98 Å². The molecule has 1 N–H and O–H groups in total. The number of nitrogens with one attached hydrogen (secondary N) is 1. The van der Waals surface area contributed by atoms with Gasteiger partial charge in [-0.15, -0.1) is 0 Å². The van der Waals surface area contributed by atoms with Crippen LogP contribution in [0.15, 0.2) is 30.3 Å². The average Bonchev–Trinajstić information content (AvgIpc) is 2.47. The second-order valence-electron chi connectivity index (χ2n) is 4.34. The van der Waals surface area contributed by atoms with Gasteiger partial charge in [0.15, 0.2) is 0 Å². The molecule has 0 amide bonds. The van der Waals surface area contributed by atoms with E-state index in [4.69, 9.17) is 4.74 Å².